The first-order valence-corrected chi connectivity index (χ1v) is 11.5. The molecule has 8 heteroatoms. The summed E-state index contributed by atoms with van der Waals surface area (Å²) in [5.74, 6) is -0.531. The van der Waals surface area contributed by atoms with Gasteiger partial charge in [-0.2, -0.15) is 8.42 Å². The van der Waals surface area contributed by atoms with Crippen molar-refractivity contribution in [3.63, 3.8) is 0 Å². The second-order valence-electron chi connectivity index (χ2n) is 7.40. The molecule has 5 rings (SSSR count). The normalized spacial score (nSPS) is 14.5. The van der Waals surface area contributed by atoms with Crippen LogP contribution in [0.2, 0.25) is 0 Å². The molecular formula is C24H19N3O4S. The Morgan fingerprint density at radius 1 is 0.969 bits per heavy atom. The Kier molecular flexibility index (Phi) is 4.60. The second kappa shape index (κ2) is 7.35. The first kappa shape index (κ1) is 20.0. The minimum atomic E-state index is -4.05. The molecule has 1 aliphatic heterocycles. The maximum absolute atomic E-state index is 13.8. The highest BCUT2D eigenvalue weighted by Gasteiger charge is 2.30. The van der Waals surface area contributed by atoms with Crippen molar-refractivity contribution in [2.45, 2.75) is 18.2 Å². The molecule has 1 aliphatic rings. The quantitative estimate of drug-likeness (QED) is 0.499. The summed E-state index contributed by atoms with van der Waals surface area (Å²) < 4.78 is 30.9. The van der Waals surface area contributed by atoms with Crippen molar-refractivity contribution in [2.75, 3.05) is 5.32 Å². The number of nitrogens with zero attached hydrogens (tertiary/aromatic N) is 2. The fraction of sp³-hybridized carbons (Fsp3) is 0.0833. The zero-order valence-corrected chi connectivity index (χ0v) is 17.9. The molecule has 0 saturated carbocycles. The molecule has 2 heterocycles. The highest BCUT2D eigenvalue weighted by atomic mass is 32.2. The number of rotatable bonds is 3. The molecule has 32 heavy (non-hydrogen) atoms. The van der Waals surface area contributed by atoms with Crippen molar-refractivity contribution in [3.05, 3.63) is 94.3 Å². The van der Waals surface area contributed by atoms with Crippen LogP contribution < -0.4 is 10.9 Å². The van der Waals surface area contributed by atoms with Gasteiger partial charge >= 0.3 is 0 Å². The van der Waals surface area contributed by atoms with E-state index in [0.717, 1.165) is 5.56 Å². The molecule has 0 radical (unpaired) electrons. The number of hydrogen-bond donors (Lipinski definition) is 2. The van der Waals surface area contributed by atoms with E-state index < -0.39 is 15.6 Å². The summed E-state index contributed by atoms with van der Waals surface area (Å²) in [7, 11) is -4.05. The average Bonchev–Trinajstić information content (AvgIpc) is 2.79. The van der Waals surface area contributed by atoms with Crippen LogP contribution in [0.3, 0.4) is 0 Å². The van der Waals surface area contributed by atoms with E-state index >= 15 is 0 Å². The van der Waals surface area contributed by atoms with Gasteiger partial charge in [-0.15, -0.1) is 4.40 Å². The van der Waals surface area contributed by atoms with E-state index in [1.54, 1.807) is 42.5 Å². The Balaban J connectivity index is 1.87. The van der Waals surface area contributed by atoms with E-state index in [2.05, 4.69) is 9.71 Å². The molecule has 160 valence electrons. The number of aromatic nitrogens is 1. The number of fused-ring (bicyclic) bond motifs is 2. The van der Waals surface area contributed by atoms with E-state index in [1.165, 1.54) is 10.6 Å². The standard InChI is InChI=1S/C24H19N3O4S/c1-2-15-9-3-6-12-18(15)27-19-13-7-4-10-16(19)22(28)21(24(27)29)23-25-17-11-5-8-14-20(17)32(30,31)26-23/h3-14,28H,2H2,1H3,(H,25,26). The number of pyridine rings is 1. The first-order valence-electron chi connectivity index (χ1n) is 10.1. The third-order valence-corrected chi connectivity index (χ3v) is 6.87. The molecule has 0 fully saturated rings. The van der Waals surface area contributed by atoms with Crippen LogP contribution in [0.25, 0.3) is 16.6 Å². The van der Waals surface area contributed by atoms with E-state index in [0.29, 0.717) is 28.7 Å². The molecule has 0 atom stereocenters. The van der Waals surface area contributed by atoms with Crippen LogP contribution in [0.15, 0.2) is 86.9 Å². The Hall–Kier alpha value is -3.91. The van der Waals surface area contributed by atoms with Gasteiger partial charge in [0.05, 0.1) is 16.9 Å². The highest BCUT2D eigenvalue weighted by Crippen LogP contribution is 2.33. The van der Waals surface area contributed by atoms with Crippen molar-refractivity contribution in [1.82, 2.24) is 4.57 Å². The molecule has 4 aromatic rings. The lowest BCUT2D eigenvalue weighted by molar-refractivity contribution is 0.478. The molecule has 1 aromatic heterocycles. The van der Waals surface area contributed by atoms with Crippen LogP contribution in [0, 0.1) is 0 Å². The van der Waals surface area contributed by atoms with Crippen LogP contribution in [-0.4, -0.2) is 23.9 Å². The molecule has 0 bridgehead atoms. The lowest BCUT2D eigenvalue weighted by atomic mass is 10.1. The minimum absolute atomic E-state index is 0.0145. The smallest absolute Gasteiger partial charge is 0.286 e. The van der Waals surface area contributed by atoms with Gasteiger partial charge in [0.15, 0.2) is 5.84 Å². The van der Waals surface area contributed by atoms with Crippen molar-refractivity contribution in [2.24, 2.45) is 4.40 Å². The van der Waals surface area contributed by atoms with Crippen LogP contribution in [0.1, 0.15) is 18.1 Å². The van der Waals surface area contributed by atoms with Crippen molar-refractivity contribution >= 4 is 32.4 Å². The zero-order valence-electron chi connectivity index (χ0n) is 17.1. The monoisotopic (exact) mass is 445 g/mol. The van der Waals surface area contributed by atoms with Gasteiger partial charge < -0.3 is 10.4 Å². The number of benzene rings is 3. The van der Waals surface area contributed by atoms with Gasteiger partial charge in [0.1, 0.15) is 16.2 Å². The van der Waals surface area contributed by atoms with Crippen molar-refractivity contribution < 1.29 is 13.5 Å². The van der Waals surface area contributed by atoms with Gasteiger partial charge in [0, 0.05) is 5.39 Å². The van der Waals surface area contributed by atoms with Gasteiger partial charge in [-0.25, -0.2) is 0 Å². The Morgan fingerprint density at radius 2 is 1.66 bits per heavy atom. The average molecular weight is 446 g/mol. The Labute approximate surface area is 184 Å². The molecule has 0 amide bonds. The number of para-hydroxylation sites is 3. The second-order valence-corrected chi connectivity index (χ2v) is 8.97. The predicted octanol–water partition coefficient (Wildman–Crippen LogP) is 3.82. The maximum Gasteiger partial charge on any atom is 0.286 e. The molecule has 0 aliphatic carbocycles. The SMILES string of the molecule is CCc1ccccc1-n1c(=O)c(C2=NS(=O)(=O)c3ccccc3N2)c(O)c2ccccc21. The van der Waals surface area contributed by atoms with Gasteiger partial charge in [0.25, 0.3) is 15.6 Å². The molecule has 0 saturated heterocycles. The summed E-state index contributed by atoms with van der Waals surface area (Å²) >= 11 is 0. The third kappa shape index (κ3) is 2.99. The zero-order chi connectivity index (χ0) is 22.5. The number of aromatic hydroxyl groups is 1. The maximum atomic E-state index is 13.8. The molecule has 0 unspecified atom stereocenters. The summed E-state index contributed by atoms with van der Waals surface area (Å²) in [5, 5.41) is 14.4. The van der Waals surface area contributed by atoms with Crippen LogP contribution in [-0.2, 0) is 16.4 Å². The van der Waals surface area contributed by atoms with Crippen LogP contribution in [0.5, 0.6) is 5.75 Å². The molecule has 3 aromatic carbocycles. The van der Waals surface area contributed by atoms with E-state index in [1.807, 2.05) is 31.2 Å². The van der Waals surface area contributed by atoms with Gasteiger partial charge in [-0.05, 0) is 42.3 Å². The summed E-state index contributed by atoms with van der Waals surface area (Å²) in [6.07, 6.45) is 0.689. The predicted molar refractivity (Wildman–Crippen MR) is 124 cm³/mol. The first-order chi connectivity index (χ1) is 15.4. The summed E-state index contributed by atoms with van der Waals surface area (Å²) in [5.41, 5.74) is 1.64. The van der Waals surface area contributed by atoms with Crippen LogP contribution in [0.4, 0.5) is 5.69 Å². The fourth-order valence-electron chi connectivity index (χ4n) is 4.03. The third-order valence-electron chi connectivity index (χ3n) is 5.53. The van der Waals surface area contributed by atoms with E-state index in [9.17, 15) is 18.3 Å². The van der Waals surface area contributed by atoms with E-state index in [-0.39, 0.29) is 22.0 Å². The number of amidine groups is 1. The summed E-state index contributed by atoms with van der Waals surface area (Å²) in [6, 6.07) is 20.7. The minimum Gasteiger partial charge on any atom is -0.506 e. The summed E-state index contributed by atoms with van der Waals surface area (Å²) in [6.45, 7) is 1.99. The van der Waals surface area contributed by atoms with Crippen molar-refractivity contribution in [1.29, 1.82) is 0 Å². The fourth-order valence-corrected chi connectivity index (χ4v) is 5.15. The number of aryl methyl sites for hydroxylation is 1. The molecule has 7 nitrogen and oxygen atoms in total. The Morgan fingerprint density at radius 3 is 2.47 bits per heavy atom. The number of anilines is 1. The van der Waals surface area contributed by atoms with Crippen LogP contribution >= 0.6 is 0 Å². The van der Waals surface area contributed by atoms with E-state index in [4.69, 9.17) is 0 Å². The lowest BCUT2D eigenvalue weighted by Crippen LogP contribution is -2.32. The molecule has 2 N–H and O–H groups in total. The number of sulfonamides is 1. The lowest BCUT2D eigenvalue weighted by Gasteiger charge is -2.21. The largest absolute Gasteiger partial charge is 0.506 e. The molecule has 0 spiro atoms. The van der Waals surface area contributed by atoms with Crippen molar-refractivity contribution in [3.8, 4) is 11.4 Å². The Bertz CT molecular complexity index is 1590. The highest BCUT2D eigenvalue weighted by molar-refractivity contribution is 7.90. The number of nitrogens with one attached hydrogen (secondary N) is 1. The van der Waals surface area contributed by atoms with Gasteiger partial charge in [-0.3, -0.25) is 9.36 Å². The summed E-state index contributed by atoms with van der Waals surface area (Å²) in [4.78, 5) is 13.8. The van der Waals surface area contributed by atoms with Gasteiger partial charge in [-0.1, -0.05) is 49.4 Å². The topological polar surface area (TPSA) is 101 Å². The molecular weight excluding hydrogens is 426 g/mol. The number of hydrogen-bond acceptors (Lipinski definition) is 5. The van der Waals surface area contributed by atoms with Gasteiger partial charge in [0.2, 0.25) is 0 Å².